The summed E-state index contributed by atoms with van der Waals surface area (Å²) in [5.41, 5.74) is 0. The number of hydrogen-bond donors (Lipinski definition) is 0. The molecular formula is C10H17NO. The van der Waals surface area contributed by atoms with Crippen molar-refractivity contribution in [3.63, 3.8) is 0 Å². The SMILES string of the molecule is C=CC=NC(C=C)CCCOC. The third-order valence-corrected chi connectivity index (χ3v) is 1.50. The van der Waals surface area contributed by atoms with E-state index in [1.807, 2.05) is 6.08 Å². The molecule has 0 aromatic rings. The highest BCUT2D eigenvalue weighted by molar-refractivity contribution is 5.70. The lowest BCUT2D eigenvalue weighted by Gasteiger charge is -2.05. The number of nitrogens with zero attached hydrogens (tertiary/aromatic N) is 1. The van der Waals surface area contributed by atoms with E-state index in [0.29, 0.717) is 0 Å². The molecule has 0 saturated heterocycles. The molecular weight excluding hydrogens is 150 g/mol. The Bertz CT molecular complexity index is 152. The van der Waals surface area contributed by atoms with Gasteiger partial charge in [-0.05, 0) is 12.8 Å². The van der Waals surface area contributed by atoms with E-state index in [2.05, 4.69) is 18.2 Å². The van der Waals surface area contributed by atoms with Crippen molar-refractivity contribution in [1.82, 2.24) is 0 Å². The van der Waals surface area contributed by atoms with Crippen LogP contribution in [0.1, 0.15) is 12.8 Å². The number of methoxy groups -OCH3 is 1. The van der Waals surface area contributed by atoms with E-state index in [-0.39, 0.29) is 6.04 Å². The summed E-state index contributed by atoms with van der Waals surface area (Å²) in [5, 5.41) is 0. The van der Waals surface area contributed by atoms with Crippen LogP contribution in [0.4, 0.5) is 0 Å². The third kappa shape index (κ3) is 5.86. The molecule has 1 unspecified atom stereocenters. The van der Waals surface area contributed by atoms with Crippen molar-refractivity contribution in [1.29, 1.82) is 0 Å². The van der Waals surface area contributed by atoms with Gasteiger partial charge in [0.25, 0.3) is 0 Å². The molecule has 0 aromatic heterocycles. The molecule has 1 atom stereocenters. The second kappa shape index (κ2) is 8.21. The number of ether oxygens (including phenoxy) is 1. The Hall–Kier alpha value is -0.890. The summed E-state index contributed by atoms with van der Waals surface area (Å²) in [4.78, 5) is 4.22. The van der Waals surface area contributed by atoms with Gasteiger partial charge in [-0.2, -0.15) is 0 Å². The molecule has 0 radical (unpaired) electrons. The molecule has 2 nitrogen and oxygen atoms in total. The molecule has 0 spiro atoms. The lowest BCUT2D eigenvalue weighted by molar-refractivity contribution is 0.192. The van der Waals surface area contributed by atoms with Crippen LogP contribution in [0, 0.1) is 0 Å². The van der Waals surface area contributed by atoms with Crippen molar-refractivity contribution >= 4 is 6.21 Å². The largest absolute Gasteiger partial charge is 0.385 e. The topological polar surface area (TPSA) is 21.6 Å². The zero-order valence-corrected chi connectivity index (χ0v) is 7.70. The van der Waals surface area contributed by atoms with Crippen molar-refractivity contribution < 1.29 is 4.74 Å². The highest BCUT2D eigenvalue weighted by Crippen LogP contribution is 2.02. The minimum absolute atomic E-state index is 0.207. The van der Waals surface area contributed by atoms with Crippen LogP contribution < -0.4 is 0 Å². The lowest BCUT2D eigenvalue weighted by Crippen LogP contribution is -2.01. The second-order valence-corrected chi connectivity index (χ2v) is 2.47. The molecule has 0 amide bonds. The highest BCUT2D eigenvalue weighted by atomic mass is 16.5. The fourth-order valence-electron chi connectivity index (χ4n) is 0.861. The zero-order chi connectivity index (χ0) is 9.23. The van der Waals surface area contributed by atoms with Crippen LogP contribution in [0.25, 0.3) is 0 Å². The zero-order valence-electron chi connectivity index (χ0n) is 7.70. The van der Waals surface area contributed by atoms with Crippen LogP contribution in [0.3, 0.4) is 0 Å². The Morgan fingerprint density at radius 3 is 2.75 bits per heavy atom. The minimum Gasteiger partial charge on any atom is -0.385 e. The number of hydrogen-bond acceptors (Lipinski definition) is 2. The van der Waals surface area contributed by atoms with Gasteiger partial charge in [0, 0.05) is 19.9 Å². The van der Waals surface area contributed by atoms with Crippen molar-refractivity contribution in [3.05, 3.63) is 25.3 Å². The van der Waals surface area contributed by atoms with Gasteiger partial charge in [-0.1, -0.05) is 18.7 Å². The molecule has 0 saturated carbocycles. The van der Waals surface area contributed by atoms with Gasteiger partial charge < -0.3 is 4.74 Å². The standard InChI is InChI=1S/C10H17NO/c1-4-8-11-10(5-2)7-6-9-12-3/h4-5,8,10H,1-2,6-7,9H2,3H3. The Labute approximate surface area is 74.7 Å². The summed E-state index contributed by atoms with van der Waals surface area (Å²) in [7, 11) is 1.70. The van der Waals surface area contributed by atoms with E-state index in [0.717, 1.165) is 19.4 Å². The van der Waals surface area contributed by atoms with Gasteiger partial charge >= 0.3 is 0 Å². The van der Waals surface area contributed by atoms with E-state index < -0.39 is 0 Å². The molecule has 12 heavy (non-hydrogen) atoms. The van der Waals surface area contributed by atoms with Crippen molar-refractivity contribution in [2.45, 2.75) is 18.9 Å². The normalized spacial score (nSPS) is 13.1. The first-order valence-corrected chi connectivity index (χ1v) is 4.10. The molecule has 0 aliphatic heterocycles. The smallest absolute Gasteiger partial charge is 0.0678 e. The number of aliphatic imine (C=N–C) groups is 1. The van der Waals surface area contributed by atoms with E-state index in [4.69, 9.17) is 4.74 Å². The molecule has 0 heterocycles. The molecule has 0 aliphatic carbocycles. The van der Waals surface area contributed by atoms with E-state index in [1.54, 1.807) is 19.4 Å². The van der Waals surface area contributed by atoms with Crippen molar-refractivity contribution in [3.8, 4) is 0 Å². The lowest BCUT2D eigenvalue weighted by atomic mass is 10.2. The van der Waals surface area contributed by atoms with Gasteiger partial charge in [0.05, 0.1) is 6.04 Å². The summed E-state index contributed by atoms with van der Waals surface area (Å²) in [5.74, 6) is 0. The molecule has 68 valence electrons. The first-order valence-electron chi connectivity index (χ1n) is 4.10. The van der Waals surface area contributed by atoms with Gasteiger partial charge in [-0.15, -0.1) is 6.58 Å². The first-order chi connectivity index (χ1) is 5.85. The number of rotatable bonds is 7. The van der Waals surface area contributed by atoms with Gasteiger partial charge in [-0.25, -0.2) is 0 Å². The van der Waals surface area contributed by atoms with Gasteiger partial charge in [0.1, 0.15) is 0 Å². The average Bonchev–Trinajstić information content (AvgIpc) is 2.11. The quantitative estimate of drug-likeness (QED) is 0.324. The van der Waals surface area contributed by atoms with Crippen LogP contribution in [0.5, 0.6) is 0 Å². The summed E-state index contributed by atoms with van der Waals surface area (Å²) in [6, 6.07) is 0.207. The van der Waals surface area contributed by atoms with Gasteiger partial charge in [-0.3, -0.25) is 4.99 Å². The van der Waals surface area contributed by atoms with Crippen LogP contribution in [-0.2, 0) is 4.74 Å². The minimum atomic E-state index is 0.207. The molecule has 0 fully saturated rings. The summed E-state index contributed by atoms with van der Waals surface area (Å²) in [6.07, 6.45) is 7.23. The Balaban J connectivity index is 3.59. The highest BCUT2D eigenvalue weighted by Gasteiger charge is 1.98. The molecule has 0 bridgehead atoms. The summed E-state index contributed by atoms with van der Waals surface area (Å²) >= 11 is 0. The Kier molecular flexibility index (Phi) is 7.60. The number of allylic oxidation sites excluding steroid dienone is 1. The maximum Gasteiger partial charge on any atom is 0.0678 e. The average molecular weight is 167 g/mol. The maximum atomic E-state index is 4.93. The molecule has 0 aromatic carbocycles. The van der Waals surface area contributed by atoms with Crippen LogP contribution >= 0.6 is 0 Å². The summed E-state index contributed by atoms with van der Waals surface area (Å²) in [6.45, 7) is 8.04. The monoisotopic (exact) mass is 167 g/mol. The molecule has 2 heteroatoms. The summed E-state index contributed by atoms with van der Waals surface area (Å²) < 4.78 is 4.93. The van der Waals surface area contributed by atoms with E-state index in [1.165, 1.54) is 0 Å². The van der Waals surface area contributed by atoms with E-state index >= 15 is 0 Å². The molecule has 0 rings (SSSR count). The third-order valence-electron chi connectivity index (χ3n) is 1.50. The maximum absolute atomic E-state index is 4.93. The van der Waals surface area contributed by atoms with Crippen molar-refractivity contribution in [2.75, 3.05) is 13.7 Å². The van der Waals surface area contributed by atoms with Crippen LogP contribution in [0.2, 0.25) is 0 Å². The van der Waals surface area contributed by atoms with Crippen LogP contribution in [-0.4, -0.2) is 26.0 Å². The fraction of sp³-hybridized carbons (Fsp3) is 0.500. The Morgan fingerprint density at radius 1 is 1.50 bits per heavy atom. The Morgan fingerprint density at radius 2 is 2.25 bits per heavy atom. The van der Waals surface area contributed by atoms with Gasteiger partial charge in [0.15, 0.2) is 0 Å². The van der Waals surface area contributed by atoms with Gasteiger partial charge in [0.2, 0.25) is 0 Å². The van der Waals surface area contributed by atoms with Crippen molar-refractivity contribution in [2.24, 2.45) is 4.99 Å². The predicted molar refractivity (Wildman–Crippen MR) is 53.8 cm³/mol. The van der Waals surface area contributed by atoms with Crippen LogP contribution in [0.15, 0.2) is 30.3 Å². The predicted octanol–water partition coefficient (Wildman–Crippen LogP) is 2.22. The second-order valence-electron chi connectivity index (χ2n) is 2.47. The first kappa shape index (κ1) is 11.1. The fourth-order valence-corrected chi connectivity index (χ4v) is 0.861. The molecule has 0 N–H and O–H groups in total. The molecule has 0 aliphatic rings. The van der Waals surface area contributed by atoms with E-state index in [9.17, 15) is 0 Å².